The summed E-state index contributed by atoms with van der Waals surface area (Å²) in [5.74, 6) is -1.02. The molecule has 1 atom stereocenters. The molecular formula is C11H14N4O4. The van der Waals surface area contributed by atoms with Gasteiger partial charge in [0.15, 0.2) is 0 Å². The van der Waals surface area contributed by atoms with Gasteiger partial charge in [0.25, 0.3) is 11.6 Å². The van der Waals surface area contributed by atoms with Crippen LogP contribution < -0.4 is 16.4 Å². The first kappa shape index (κ1) is 14.4. The van der Waals surface area contributed by atoms with Crippen molar-refractivity contribution in [3.8, 4) is 0 Å². The van der Waals surface area contributed by atoms with E-state index in [4.69, 9.17) is 5.73 Å². The summed E-state index contributed by atoms with van der Waals surface area (Å²) in [5.41, 5.74) is 4.95. The number of anilines is 1. The van der Waals surface area contributed by atoms with Crippen molar-refractivity contribution in [2.75, 3.05) is 12.8 Å². The first-order chi connectivity index (χ1) is 8.88. The predicted octanol–water partition coefficient (Wildman–Crippen LogP) is 0.0413. The topological polar surface area (TPSA) is 127 Å². The lowest BCUT2D eigenvalue weighted by molar-refractivity contribution is -0.383. The number of hydrogen-bond acceptors (Lipinski definition) is 5. The average Bonchev–Trinajstić information content (AvgIpc) is 2.37. The second kappa shape index (κ2) is 5.80. The average molecular weight is 266 g/mol. The highest BCUT2D eigenvalue weighted by atomic mass is 16.6. The summed E-state index contributed by atoms with van der Waals surface area (Å²) in [5, 5.41) is 15.5. The summed E-state index contributed by atoms with van der Waals surface area (Å²) in [6.45, 7) is 1.49. The Hall–Kier alpha value is -2.64. The fourth-order valence-electron chi connectivity index (χ4n) is 1.47. The van der Waals surface area contributed by atoms with Gasteiger partial charge in [-0.15, -0.1) is 0 Å². The third kappa shape index (κ3) is 3.18. The molecule has 0 fully saturated rings. The number of carbonyl (C=O) groups is 2. The molecule has 0 aliphatic rings. The van der Waals surface area contributed by atoms with Crippen LogP contribution in [0.25, 0.3) is 0 Å². The highest BCUT2D eigenvalue weighted by Crippen LogP contribution is 2.24. The SMILES string of the molecule is CNC(=O)C(C)NC(=O)c1cccc([N+](=O)[O-])c1N. The largest absolute Gasteiger partial charge is 0.393 e. The van der Waals surface area contributed by atoms with Crippen LogP contribution in [0.2, 0.25) is 0 Å². The minimum Gasteiger partial charge on any atom is -0.393 e. The first-order valence-electron chi connectivity index (χ1n) is 5.43. The maximum absolute atomic E-state index is 11.9. The molecule has 0 aromatic heterocycles. The maximum atomic E-state index is 11.9. The van der Waals surface area contributed by atoms with Crippen LogP contribution in [0.5, 0.6) is 0 Å². The van der Waals surface area contributed by atoms with E-state index in [-0.39, 0.29) is 22.8 Å². The van der Waals surface area contributed by atoms with Gasteiger partial charge in [0.1, 0.15) is 11.7 Å². The number of nitrogen functional groups attached to an aromatic ring is 1. The molecule has 1 rings (SSSR count). The molecule has 1 aromatic carbocycles. The highest BCUT2D eigenvalue weighted by molar-refractivity contribution is 6.02. The molecule has 0 radical (unpaired) electrons. The van der Waals surface area contributed by atoms with Gasteiger partial charge in [-0.1, -0.05) is 6.07 Å². The lowest BCUT2D eigenvalue weighted by Crippen LogP contribution is -2.43. The van der Waals surface area contributed by atoms with E-state index in [0.717, 1.165) is 0 Å². The zero-order valence-electron chi connectivity index (χ0n) is 10.5. The molecule has 0 bridgehead atoms. The minimum atomic E-state index is -0.767. The van der Waals surface area contributed by atoms with Gasteiger partial charge in [-0.2, -0.15) is 0 Å². The van der Waals surface area contributed by atoms with E-state index in [2.05, 4.69) is 10.6 Å². The van der Waals surface area contributed by atoms with E-state index in [9.17, 15) is 19.7 Å². The number of benzene rings is 1. The molecule has 19 heavy (non-hydrogen) atoms. The maximum Gasteiger partial charge on any atom is 0.292 e. The van der Waals surface area contributed by atoms with Crippen molar-refractivity contribution in [1.82, 2.24) is 10.6 Å². The molecule has 8 nitrogen and oxygen atoms in total. The van der Waals surface area contributed by atoms with Crippen LogP contribution in [0.4, 0.5) is 11.4 Å². The molecular weight excluding hydrogens is 252 g/mol. The molecule has 8 heteroatoms. The van der Waals surface area contributed by atoms with Crippen molar-refractivity contribution >= 4 is 23.2 Å². The van der Waals surface area contributed by atoms with E-state index in [1.54, 1.807) is 0 Å². The zero-order chi connectivity index (χ0) is 14.6. The number of para-hydroxylation sites is 1. The molecule has 1 aromatic rings. The van der Waals surface area contributed by atoms with Crippen molar-refractivity contribution in [3.05, 3.63) is 33.9 Å². The molecule has 2 amide bonds. The Morgan fingerprint density at radius 3 is 2.58 bits per heavy atom. The number of rotatable bonds is 4. The Morgan fingerprint density at radius 2 is 2.05 bits per heavy atom. The highest BCUT2D eigenvalue weighted by Gasteiger charge is 2.21. The molecule has 0 aliphatic carbocycles. The smallest absolute Gasteiger partial charge is 0.292 e. The van der Waals surface area contributed by atoms with Gasteiger partial charge in [0.05, 0.1) is 10.5 Å². The molecule has 0 heterocycles. The van der Waals surface area contributed by atoms with E-state index >= 15 is 0 Å². The Bertz CT molecular complexity index is 529. The van der Waals surface area contributed by atoms with Gasteiger partial charge in [-0.3, -0.25) is 19.7 Å². The quantitative estimate of drug-likeness (QED) is 0.403. The Kier molecular flexibility index (Phi) is 4.41. The van der Waals surface area contributed by atoms with Gasteiger partial charge < -0.3 is 16.4 Å². The molecule has 4 N–H and O–H groups in total. The summed E-state index contributed by atoms with van der Waals surface area (Å²) in [4.78, 5) is 33.2. The summed E-state index contributed by atoms with van der Waals surface area (Å²) in [6.07, 6.45) is 0. The van der Waals surface area contributed by atoms with E-state index in [0.29, 0.717) is 0 Å². The van der Waals surface area contributed by atoms with Crippen molar-refractivity contribution in [1.29, 1.82) is 0 Å². The predicted molar refractivity (Wildman–Crippen MR) is 68.5 cm³/mol. The third-order valence-corrected chi connectivity index (χ3v) is 2.51. The fourth-order valence-corrected chi connectivity index (χ4v) is 1.47. The number of amides is 2. The number of likely N-dealkylation sites (N-methyl/N-ethyl adjacent to an activating group) is 1. The van der Waals surface area contributed by atoms with Crippen molar-refractivity contribution < 1.29 is 14.5 Å². The van der Waals surface area contributed by atoms with Gasteiger partial charge in [0, 0.05) is 13.1 Å². The van der Waals surface area contributed by atoms with Gasteiger partial charge in [-0.25, -0.2) is 0 Å². The fraction of sp³-hybridized carbons (Fsp3) is 0.273. The van der Waals surface area contributed by atoms with E-state index < -0.39 is 16.9 Å². The normalized spacial score (nSPS) is 11.5. The molecule has 1 unspecified atom stereocenters. The Balaban J connectivity index is 2.98. The lowest BCUT2D eigenvalue weighted by atomic mass is 10.1. The summed E-state index contributed by atoms with van der Waals surface area (Å²) >= 11 is 0. The summed E-state index contributed by atoms with van der Waals surface area (Å²) < 4.78 is 0. The van der Waals surface area contributed by atoms with Crippen LogP contribution >= 0.6 is 0 Å². The minimum absolute atomic E-state index is 0.0371. The van der Waals surface area contributed by atoms with Crippen molar-refractivity contribution in [2.45, 2.75) is 13.0 Å². The second-order valence-electron chi connectivity index (χ2n) is 3.80. The molecule has 102 valence electrons. The van der Waals surface area contributed by atoms with E-state index in [1.807, 2.05) is 0 Å². The van der Waals surface area contributed by atoms with Crippen LogP contribution in [0, 0.1) is 10.1 Å². The summed E-state index contributed by atoms with van der Waals surface area (Å²) in [7, 11) is 1.44. The lowest BCUT2D eigenvalue weighted by Gasteiger charge is -2.13. The standard InChI is InChI=1S/C11H14N4O4/c1-6(10(16)13-2)14-11(17)7-4-3-5-8(9(7)12)15(18)19/h3-6H,12H2,1-2H3,(H,13,16)(H,14,17). The van der Waals surface area contributed by atoms with Crippen molar-refractivity contribution in [2.24, 2.45) is 0 Å². The van der Waals surface area contributed by atoms with Crippen LogP contribution in [0.3, 0.4) is 0 Å². The number of nitrogens with one attached hydrogen (secondary N) is 2. The van der Waals surface area contributed by atoms with Crippen LogP contribution in [0.1, 0.15) is 17.3 Å². The molecule has 0 saturated heterocycles. The molecule has 0 spiro atoms. The van der Waals surface area contributed by atoms with Gasteiger partial charge in [0.2, 0.25) is 5.91 Å². The number of carbonyl (C=O) groups excluding carboxylic acids is 2. The second-order valence-corrected chi connectivity index (χ2v) is 3.80. The number of nitrogens with two attached hydrogens (primary N) is 1. The van der Waals surface area contributed by atoms with Crippen LogP contribution in [-0.2, 0) is 4.79 Å². The monoisotopic (exact) mass is 266 g/mol. The first-order valence-corrected chi connectivity index (χ1v) is 5.43. The third-order valence-electron chi connectivity index (χ3n) is 2.51. The van der Waals surface area contributed by atoms with Crippen LogP contribution in [0.15, 0.2) is 18.2 Å². The zero-order valence-corrected chi connectivity index (χ0v) is 10.5. The number of nitrogens with zero attached hydrogens (tertiary/aromatic N) is 1. The Labute approximate surface area is 109 Å². The molecule has 0 aliphatic heterocycles. The van der Waals surface area contributed by atoms with Gasteiger partial charge >= 0.3 is 0 Å². The Morgan fingerprint density at radius 1 is 1.42 bits per heavy atom. The van der Waals surface area contributed by atoms with E-state index in [1.165, 1.54) is 32.2 Å². The van der Waals surface area contributed by atoms with Gasteiger partial charge in [-0.05, 0) is 13.0 Å². The van der Waals surface area contributed by atoms with Crippen molar-refractivity contribution in [3.63, 3.8) is 0 Å². The summed E-state index contributed by atoms with van der Waals surface area (Å²) in [6, 6.07) is 3.15. The molecule has 0 saturated carbocycles. The van der Waals surface area contributed by atoms with Crippen LogP contribution in [-0.4, -0.2) is 29.8 Å². The number of nitro groups is 1. The number of nitro benzene ring substituents is 1. The number of hydrogen-bond donors (Lipinski definition) is 3.